The summed E-state index contributed by atoms with van der Waals surface area (Å²) in [5, 5.41) is 18.1. The number of aliphatic hydroxyl groups is 1. The molecular formula is C48H68N4O14. The van der Waals surface area contributed by atoms with E-state index < -0.39 is 48.6 Å². The fraction of sp³-hybridized carbons (Fsp3) is 0.542. The van der Waals surface area contributed by atoms with Gasteiger partial charge in [0.25, 0.3) is 5.91 Å². The average Bonchev–Trinajstić information content (AvgIpc) is 3.62. The highest BCUT2D eigenvalue weighted by atomic mass is 16.6. The van der Waals surface area contributed by atoms with Gasteiger partial charge in [0.05, 0.1) is 106 Å². The van der Waals surface area contributed by atoms with Gasteiger partial charge in [-0.1, -0.05) is 68.4 Å². The summed E-state index contributed by atoms with van der Waals surface area (Å²) in [6.45, 7) is 11.5. The Bertz CT molecular complexity index is 1890. The zero-order valence-corrected chi connectivity index (χ0v) is 38.9. The second kappa shape index (κ2) is 30.3. The molecule has 3 aromatic rings. The Morgan fingerprint density at radius 1 is 0.636 bits per heavy atom. The van der Waals surface area contributed by atoms with Gasteiger partial charge >= 0.3 is 6.09 Å². The first-order valence-electron chi connectivity index (χ1n) is 22.3. The molecule has 0 aromatic heterocycles. The van der Waals surface area contributed by atoms with Crippen LogP contribution in [0.3, 0.4) is 0 Å². The minimum absolute atomic E-state index is 0.166. The van der Waals surface area contributed by atoms with Crippen LogP contribution in [0.25, 0.3) is 11.1 Å². The number of anilines is 1. The van der Waals surface area contributed by atoms with E-state index in [1.165, 1.54) is 31.0 Å². The molecule has 0 fully saturated rings. The maximum Gasteiger partial charge on any atom is 0.411 e. The van der Waals surface area contributed by atoms with E-state index >= 15 is 0 Å². The van der Waals surface area contributed by atoms with Crippen molar-refractivity contribution in [3.05, 3.63) is 89.0 Å². The number of methoxy groups -OCH3 is 1. The molecule has 0 heterocycles. The van der Waals surface area contributed by atoms with Gasteiger partial charge in [-0.15, -0.1) is 0 Å². The zero-order chi connectivity index (χ0) is 47.5. The van der Waals surface area contributed by atoms with E-state index in [0.29, 0.717) is 98.1 Å². The van der Waals surface area contributed by atoms with Gasteiger partial charge in [0.2, 0.25) is 11.8 Å². The number of carbonyl (C=O) groups is 4. The Hall–Kier alpha value is -5.02. The van der Waals surface area contributed by atoms with E-state index in [-0.39, 0.29) is 30.3 Å². The minimum Gasteiger partial charge on any atom is -0.436 e. The number of amides is 4. The van der Waals surface area contributed by atoms with Gasteiger partial charge in [-0.05, 0) is 41.7 Å². The molecular weight excluding hydrogens is 857 g/mol. The molecule has 0 unspecified atom stereocenters. The molecule has 0 bridgehead atoms. The van der Waals surface area contributed by atoms with Crippen molar-refractivity contribution < 1.29 is 66.9 Å². The van der Waals surface area contributed by atoms with Crippen LogP contribution in [0.5, 0.6) is 0 Å². The number of carbonyl (C=O) groups excluding carboxylic acids is 4. The van der Waals surface area contributed by atoms with Crippen molar-refractivity contribution >= 4 is 29.5 Å². The fourth-order valence-corrected chi connectivity index (χ4v) is 6.97. The van der Waals surface area contributed by atoms with Gasteiger partial charge in [-0.2, -0.15) is 0 Å². The second-order valence-corrected chi connectivity index (χ2v) is 15.5. The van der Waals surface area contributed by atoms with E-state index in [1.54, 1.807) is 27.0 Å². The molecule has 0 saturated carbocycles. The highest BCUT2D eigenvalue weighted by Crippen LogP contribution is 2.45. The van der Waals surface area contributed by atoms with E-state index in [1.807, 2.05) is 48.5 Å². The van der Waals surface area contributed by atoms with Crippen LogP contribution in [0, 0.1) is 5.92 Å². The molecule has 0 spiro atoms. The van der Waals surface area contributed by atoms with Crippen molar-refractivity contribution in [2.24, 2.45) is 5.92 Å². The van der Waals surface area contributed by atoms with Crippen LogP contribution in [0.15, 0.2) is 66.7 Å². The molecule has 4 amide bonds. The fourth-order valence-electron chi connectivity index (χ4n) is 6.97. The lowest BCUT2D eigenvalue weighted by Gasteiger charge is -2.31. The van der Waals surface area contributed by atoms with Crippen LogP contribution in [0.2, 0.25) is 0 Å². The van der Waals surface area contributed by atoms with Gasteiger partial charge in [0, 0.05) is 43.1 Å². The lowest BCUT2D eigenvalue weighted by Crippen LogP contribution is -2.54. The molecule has 4 N–H and O–H groups in total. The second-order valence-electron chi connectivity index (χ2n) is 15.5. The number of nitrogens with zero attached hydrogens (tertiary/aromatic N) is 1. The number of rotatable bonds is 33. The monoisotopic (exact) mass is 924 g/mol. The summed E-state index contributed by atoms with van der Waals surface area (Å²) in [6, 6.07) is 18.0. The molecule has 18 nitrogen and oxygen atoms in total. The van der Waals surface area contributed by atoms with Crippen LogP contribution in [0.4, 0.5) is 10.5 Å². The molecule has 0 saturated heterocycles. The highest BCUT2D eigenvalue weighted by molar-refractivity contribution is 6.00. The Kier molecular flexibility index (Phi) is 24.6. The number of likely N-dealkylation sites (N-methyl/N-ethyl adjacent to an activating group) is 1. The van der Waals surface area contributed by atoms with Crippen LogP contribution >= 0.6 is 0 Å². The van der Waals surface area contributed by atoms with Crippen LogP contribution in [-0.4, -0.2) is 166 Å². The molecule has 18 heteroatoms. The number of nitrogens with one attached hydrogen (secondary N) is 3. The molecule has 2 atom stereocenters. The summed E-state index contributed by atoms with van der Waals surface area (Å²) in [6.07, 6.45) is -1.32. The zero-order valence-electron chi connectivity index (χ0n) is 38.9. The number of ether oxygens (including phenoxy) is 9. The standard InChI is InChI=1S/C48H68N4O14/c1-34(2)43(52(4)48(57)66-44-40-12-8-6-10-38(40)39-11-7-9-13-41(39)44)47(56)50-35(3)45(54)51-37-15-14-36(33-53)42(32-37)46(55)49-16-17-59-20-21-61-24-25-63-28-29-65-31-30-64-27-26-62-23-22-60-19-18-58-5/h6-15,32,34-35,43-44,53H,16-31,33H2,1-5H3,(H,49,55)(H,50,56)(H,51,54)/t35-,43-/m0/s1. The topological polar surface area (TPSA) is 211 Å². The van der Waals surface area contributed by atoms with Crippen molar-refractivity contribution in [3.63, 3.8) is 0 Å². The predicted octanol–water partition coefficient (Wildman–Crippen LogP) is 3.98. The normalized spacial score (nSPS) is 12.9. The molecule has 3 aromatic carbocycles. The number of fused-ring (bicyclic) bond motifs is 3. The lowest BCUT2D eigenvalue weighted by molar-refractivity contribution is -0.130. The number of aliphatic hydroxyl groups excluding tert-OH is 1. The molecule has 66 heavy (non-hydrogen) atoms. The van der Waals surface area contributed by atoms with Crippen molar-refractivity contribution in [2.75, 3.05) is 125 Å². The van der Waals surface area contributed by atoms with E-state index in [0.717, 1.165) is 22.3 Å². The van der Waals surface area contributed by atoms with E-state index in [2.05, 4.69) is 16.0 Å². The number of benzene rings is 3. The molecule has 0 aliphatic heterocycles. The van der Waals surface area contributed by atoms with Crippen molar-refractivity contribution in [2.45, 2.75) is 45.6 Å². The number of hydrogen-bond acceptors (Lipinski definition) is 14. The third kappa shape index (κ3) is 17.7. The van der Waals surface area contributed by atoms with Gasteiger partial charge in [-0.3, -0.25) is 19.3 Å². The highest BCUT2D eigenvalue weighted by Gasteiger charge is 2.36. The summed E-state index contributed by atoms with van der Waals surface area (Å²) in [7, 11) is 3.13. The quantitative estimate of drug-likeness (QED) is 0.0638. The maximum atomic E-state index is 13.6. The largest absolute Gasteiger partial charge is 0.436 e. The first kappa shape index (κ1) is 53.6. The van der Waals surface area contributed by atoms with E-state index in [4.69, 9.17) is 42.6 Å². The number of hydrogen-bond donors (Lipinski definition) is 4. The Balaban J connectivity index is 1.08. The molecule has 364 valence electrons. The minimum atomic E-state index is -1.02. The summed E-state index contributed by atoms with van der Waals surface area (Å²) in [5.74, 6) is -1.89. The SMILES string of the molecule is COCCOCCOCCOCCOCCOCCOCCOCCNC(=O)c1cc(NC(=O)[C@H](C)NC(=O)[C@H](C(C)C)N(C)C(=O)OC2c3ccccc3-c3ccccc32)ccc1CO. The Morgan fingerprint density at radius 2 is 1.11 bits per heavy atom. The third-order valence-electron chi connectivity index (χ3n) is 10.3. The first-order valence-corrected chi connectivity index (χ1v) is 22.3. The third-order valence-corrected chi connectivity index (χ3v) is 10.3. The van der Waals surface area contributed by atoms with Crippen LogP contribution in [0.1, 0.15) is 53.9 Å². The molecule has 1 aliphatic carbocycles. The summed E-state index contributed by atoms with van der Waals surface area (Å²) in [4.78, 5) is 54.9. The maximum absolute atomic E-state index is 13.6. The smallest absolute Gasteiger partial charge is 0.411 e. The summed E-state index contributed by atoms with van der Waals surface area (Å²) < 4.78 is 49.2. The van der Waals surface area contributed by atoms with Gasteiger partial charge in [0.15, 0.2) is 6.10 Å². The van der Waals surface area contributed by atoms with Gasteiger partial charge in [-0.25, -0.2) is 4.79 Å². The van der Waals surface area contributed by atoms with Crippen molar-refractivity contribution in [1.82, 2.24) is 15.5 Å². The van der Waals surface area contributed by atoms with Crippen LogP contribution in [-0.2, 0) is 58.8 Å². The summed E-state index contributed by atoms with van der Waals surface area (Å²) >= 11 is 0. The Morgan fingerprint density at radius 3 is 1.58 bits per heavy atom. The van der Waals surface area contributed by atoms with Gasteiger partial charge < -0.3 is 63.7 Å². The van der Waals surface area contributed by atoms with Crippen molar-refractivity contribution in [1.29, 1.82) is 0 Å². The first-order chi connectivity index (χ1) is 32.1. The van der Waals surface area contributed by atoms with E-state index in [9.17, 15) is 24.3 Å². The van der Waals surface area contributed by atoms with Crippen LogP contribution < -0.4 is 16.0 Å². The molecule has 0 radical (unpaired) electrons. The predicted molar refractivity (Wildman–Crippen MR) is 245 cm³/mol. The Labute approximate surface area is 387 Å². The summed E-state index contributed by atoms with van der Waals surface area (Å²) in [5.41, 5.74) is 4.50. The van der Waals surface area contributed by atoms with Crippen molar-refractivity contribution in [3.8, 4) is 11.1 Å². The van der Waals surface area contributed by atoms with Gasteiger partial charge in [0.1, 0.15) is 12.1 Å². The lowest BCUT2D eigenvalue weighted by atomic mass is 10.0. The molecule has 4 rings (SSSR count). The average molecular weight is 925 g/mol. The molecule has 1 aliphatic rings.